The fraction of sp³-hybridized carbons (Fsp3) is 0.667. The van der Waals surface area contributed by atoms with E-state index in [1.165, 1.54) is 11.3 Å². The summed E-state index contributed by atoms with van der Waals surface area (Å²) in [5.41, 5.74) is 0.984. The number of aryl methyl sites for hydroxylation is 1. The van der Waals surface area contributed by atoms with Gasteiger partial charge in [-0.2, -0.15) is 0 Å². The van der Waals surface area contributed by atoms with Crippen LogP contribution in [0.1, 0.15) is 48.9 Å². The van der Waals surface area contributed by atoms with Gasteiger partial charge in [0.05, 0.1) is 0 Å². The van der Waals surface area contributed by atoms with Gasteiger partial charge in [-0.05, 0) is 31.1 Å². The second-order valence-corrected chi connectivity index (χ2v) is 6.21. The van der Waals surface area contributed by atoms with E-state index in [1.807, 2.05) is 0 Å². The van der Waals surface area contributed by atoms with E-state index in [4.69, 9.17) is 0 Å². The first kappa shape index (κ1) is 10.2. The Morgan fingerprint density at radius 2 is 1.79 bits per heavy atom. The van der Waals surface area contributed by atoms with Crippen molar-refractivity contribution in [1.82, 2.24) is 0 Å². The summed E-state index contributed by atoms with van der Waals surface area (Å²) in [6, 6.07) is 0. The van der Waals surface area contributed by atoms with Crippen molar-refractivity contribution in [2.75, 3.05) is 0 Å². The van der Waals surface area contributed by atoms with Crippen molar-refractivity contribution in [3.8, 4) is 0 Å². The van der Waals surface area contributed by atoms with E-state index in [0.29, 0.717) is 0 Å². The minimum absolute atomic E-state index is 0.0356. The highest BCUT2D eigenvalue weighted by atomic mass is 32.1. The lowest BCUT2D eigenvalue weighted by Crippen LogP contribution is -2.11. The van der Waals surface area contributed by atoms with Gasteiger partial charge in [0.1, 0.15) is 5.82 Å². The zero-order chi connectivity index (χ0) is 10.3. The molecule has 1 aliphatic carbocycles. The SMILES string of the molecule is CC(C)(C)c1sc2c(c1F)CCCC2. The number of hydrogen-bond donors (Lipinski definition) is 0. The molecule has 2 heteroatoms. The van der Waals surface area contributed by atoms with Gasteiger partial charge >= 0.3 is 0 Å². The molecule has 0 atom stereocenters. The maximum atomic E-state index is 14.0. The predicted octanol–water partition coefficient (Wildman–Crippen LogP) is 4.06. The largest absolute Gasteiger partial charge is 0.205 e. The number of rotatable bonds is 0. The van der Waals surface area contributed by atoms with Gasteiger partial charge in [-0.15, -0.1) is 11.3 Å². The molecule has 0 fully saturated rings. The molecule has 0 saturated carbocycles. The van der Waals surface area contributed by atoms with Crippen molar-refractivity contribution in [3.63, 3.8) is 0 Å². The molecular formula is C12H17FS. The number of fused-ring (bicyclic) bond motifs is 1. The van der Waals surface area contributed by atoms with Crippen LogP contribution >= 0.6 is 11.3 Å². The molecule has 0 saturated heterocycles. The minimum Gasteiger partial charge on any atom is -0.205 e. The summed E-state index contributed by atoms with van der Waals surface area (Å²) in [6.45, 7) is 6.27. The van der Waals surface area contributed by atoms with Crippen molar-refractivity contribution in [3.05, 3.63) is 21.1 Å². The molecule has 0 aliphatic heterocycles. The van der Waals surface area contributed by atoms with Crippen LogP contribution in [-0.2, 0) is 18.3 Å². The van der Waals surface area contributed by atoms with Crippen molar-refractivity contribution >= 4 is 11.3 Å². The molecule has 0 radical (unpaired) electrons. The van der Waals surface area contributed by atoms with Crippen molar-refractivity contribution < 1.29 is 4.39 Å². The average molecular weight is 212 g/mol. The maximum Gasteiger partial charge on any atom is 0.141 e. The lowest BCUT2D eigenvalue weighted by Gasteiger charge is -2.16. The van der Waals surface area contributed by atoms with Crippen LogP contribution in [0.3, 0.4) is 0 Å². The second kappa shape index (κ2) is 3.34. The first-order chi connectivity index (χ1) is 6.50. The van der Waals surface area contributed by atoms with E-state index in [1.54, 1.807) is 11.3 Å². The molecule has 0 spiro atoms. The standard InChI is InChI=1S/C12H17FS/c1-12(2,3)11-10(13)8-6-4-5-7-9(8)14-11/h4-7H2,1-3H3. The van der Waals surface area contributed by atoms with Crippen LogP contribution in [0.15, 0.2) is 0 Å². The zero-order valence-electron chi connectivity index (χ0n) is 9.11. The highest BCUT2D eigenvalue weighted by Gasteiger charge is 2.27. The molecule has 1 aromatic rings. The lowest BCUT2D eigenvalue weighted by atomic mass is 9.91. The van der Waals surface area contributed by atoms with Crippen LogP contribution in [0, 0.1) is 5.82 Å². The van der Waals surface area contributed by atoms with E-state index < -0.39 is 0 Å². The molecule has 2 rings (SSSR count). The Bertz CT molecular complexity index is 344. The summed E-state index contributed by atoms with van der Waals surface area (Å²) in [6.07, 6.45) is 4.43. The van der Waals surface area contributed by atoms with Gasteiger partial charge in [0.15, 0.2) is 0 Å². The van der Waals surface area contributed by atoms with Gasteiger partial charge in [-0.25, -0.2) is 4.39 Å². The summed E-state index contributed by atoms with van der Waals surface area (Å²) in [5.74, 6) is 0.0946. The van der Waals surface area contributed by atoms with Crippen LogP contribution in [0.5, 0.6) is 0 Å². The Morgan fingerprint density at radius 3 is 2.36 bits per heavy atom. The quantitative estimate of drug-likeness (QED) is 0.608. The van der Waals surface area contributed by atoms with Crippen molar-refractivity contribution in [2.45, 2.75) is 51.9 Å². The summed E-state index contributed by atoms with van der Waals surface area (Å²) in [5, 5.41) is 0. The van der Waals surface area contributed by atoms with Gasteiger partial charge in [-0.3, -0.25) is 0 Å². The molecule has 0 aromatic carbocycles. The first-order valence-electron chi connectivity index (χ1n) is 5.30. The van der Waals surface area contributed by atoms with E-state index in [0.717, 1.165) is 29.7 Å². The fourth-order valence-electron chi connectivity index (χ4n) is 2.01. The highest BCUT2D eigenvalue weighted by molar-refractivity contribution is 7.12. The Balaban J connectivity index is 2.49. The topological polar surface area (TPSA) is 0 Å². The molecular weight excluding hydrogens is 195 g/mol. The van der Waals surface area contributed by atoms with Crippen LogP contribution in [0.4, 0.5) is 4.39 Å². The van der Waals surface area contributed by atoms with E-state index in [-0.39, 0.29) is 11.2 Å². The monoisotopic (exact) mass is 212 g/mol. The molecule has 14 heavy (non-hydrogen) atoms. The Hall–Kier alpha value is -0.370. The summed E-state index contributed by atoms with van der Waals surface area (Å²) in [7, 11) is 0. The summed E-state index contributed by atoms with van der Waals surface area (Å²) >= 11 is 1.69. The number of hydrogen-bond acceptors (Lipinski definition) is 1. The van der Waals surface area contributed by atoms with Crippen molar-refractivity contribution in [1.29, 1.82) is 0 Å². The molecule has 1 heterocycles. The average Bonchev–Trinajstić information content (AvgIpc) is 2.44. The number of halogens is 1. The molecule has 0 bridgehead atoms. The van der Waals surface area contributed by atoms with E-state index in [2.05, 4.69) is 20.8 Å². The maximum absolute atomic E-state index is 14.0. The van der Waals surface area contributed by atoms with Crippen LogP contribution in [0.2, 0.25) is 0 Å². The molecule has 0 N–H and O–H groups in total. The first-order valence-corrected chi connectivity index (χ1v) is 6.12. The minimum atomic E-state index is -0.0356. The molecule has 1 aromatic heterocycles. The molecule has 0 unspecified atom stereocenters. The van der Waals surface area contributed by atoms with Crippen molar-refractivity contribution in [2.24, 2.45) is 0 Å². The normalized spacial score (nSPS) is 16.9. The third kappa shape index (κ3) is 1.60. The summed E-state index contributed by atoms with van der Waals surface area (Å²) in [4.78, 5) is 2.25. The predicted molar refractivity (Wildman–Crippen MR) is 59.6 cm³/mol. The zero-order valence-corrected chi connectivity index (χ0v) is 9.93. The molecule has 0 nitrogen and oxygen atoms in total. The van der Waals surface area contributed by atoms with Crippen LogP contribution < -0.4 is 0 Å². The van der Waals surface area contributed by atoms with Gasteiger partial charge in [0.2, 0.25) is 0 Å². The van der Waals surface area contributed by atoms with Gasteiger partial charge in [0, 0.05) is 15.3 Å². The van der Waals surface area contributed by atoms with Crippen LogP contribution in [-0.4, -0.2) is 0 Å². The second-order valence-electron chi connectivity index (χ2n) is 5.10. The third-order valence-corrected chi connectivity index (χ3v) is 4.48. The summed E-state index contributed by atoms with van der Waals surface area (Å²) < 4.78 is 14.0. The van der Waals surface area contributed by atoms with Crippen LogP contribution in [0.25, 0.3) is 0 Å². The lowest BCUT2D eigenvalue weighted by molar-refractivity contribution is 0.524. The fourth-order valence-corrected chi connectivity index (χ4v) is 3.34. The number of thiophene rings is 1. The molecule has 78 valence electrons. The molecule has 0 amide bonds. The third-order valence-electron chi connectivity index (χ3n) is 2.79. The van der Waals surface area contributed by atoms with E-state index in [9.17, 15) is 4.39 Å². The molecule has 1 aliphatic rings. The Morgan fingerprint density at radius 1 is 1.14 bits per heavy atom. The van der Waals surface area contributed by atoms with Gasteiger partial charge in [-0.1, -0.05) is 20.8 Å². The Kier molecular flexibility index (Phi) is 2.42. The van der Waals surface area contributed by atoms with E-state index >= 15 is 0 Å². The Labute approximate surface area is 89.2 Å². The van der Waals surface area contributed by atoms with Gasteiger partial charge in [0.25, 0.3) is 0 Å². The van der Waals surface area contributed by atoms with Gasteiger partial charge < -0.3 is 0 Å². The highest BCUT2D eigenvalue weighted by Crippen LogP contribution is 2.39. The smallest absolute Gasteiger partial charge is 0.141 e.